The molecule has 0 radical (unpaired) electrons. The first-order chi connectivity index (χ1) is 16.3. The van der Waals surface area contributed by atoms with E-state index in [2.05, 4.69) is 15.8 Å². The topological polar surface area (TPSA) is 79.8 Å². The van der Waals surface area contributed by atoms with E-state index < -0.39 is 11.9 Å². The number of rotatable bonds is 9. The normalized spacial score (nSPS) is 11.9. The van der Waals surface area contributed by atoms with E-state index in [1.807, 2.05) is 32.9 Å². The van der Waals surface area contributed by atoms with Gasteiger partial charge in [0, 0.05) is 5.56 Å². The van der Waals surface area contributed by atoms with Crippen LogP contribution in [0.1, 0.15) is 40.9 Å². The molecule has 3 aromatic rings. The van der Waals surface area contributed by atoms with Crippen LogP contribution in [0.3, 0.4) is 0 Å². The highest BCUT2D eigenvalue weighted by Crippen LogP contribution is 2.14. The van der Waals surface area contributed by atoms with E-state index in [-0.39, 0.29) is 17.6 Å². The van der Waals surface area contributed by atoms with Crippen molar-refractivity contribution in [2.75, 3.05) is 0 Å². The zero-order valence-corrected chi connectivity index (χ0v) is 19.4. The van der Waals surface area contributed by atoms with Crippen LogP contribution in [-0.4, -0.2) is 24.1 Å². The summed E-state index contributed by atoms with van der Waals surface area (Å²) in [7, 11) is 0. The standard InChI is InChI=1S/C27H28FN3O3/c1-18(2)25(30-26(32)22-10-4-19(3)5-11-22)27(33)31-29-16-20-8-14-24(15-9-20)34-17-21-6-12-23(28)13-7-21/h4-16,18,25H,17H2,1-3H3,(H,30,32)(H,31,33). The molecule has 1 atom stereocenters. The number of aryl methyl sites for hydroxylation is 1. The molecule has 1 unspecified atom stereocenters. The summed E-state index contributed by atoms with van der Waals surface area (Å²) < 4.78 is 18.7. The number of halogens is 1. The number of amides is 2. The fourth-order valence-corrected chi connectivity index (χ4v) is 3.10. The second kappa shape index (κ2) is 11.7. The molecular weight excluding hydrogens is 433 g/mol. The van der Waals surface area contributed by atoms with Gasteiger partial charge >= 0.3 is 0 Å². The second-order valence-corrected chi connectivity index (χ2v) is 8.28. The van der Waals surface area contributed by atoms with Gasteiger partial charge in [-0.1, -0.05) is 43.7 Å². The van der Waals surface area contributed by atoms with Gasteiger partial charge in [0.15, 0.2) is 0 Å². The first-order valence-corrected chi connectivity index (χ1v) is 11.0. The van der Waals surface area contributed by atoms with Gasteiger partial charge in [-0.3, -0.25) is 9.59 Å². The van der Waals surface area contributed by atoms with Crippen LogP contribution < -0.4 is 15.5 Å². The number of benzene rings is 3. The highest BCUT2D eigenvalue weighted by molar-refractivity contribution is 5.97. The summed E-state index contributed by atoms with van der Waals surface area (Å²) in [5, 5.41) is 6.79. The Morgan fingerprint density at radius 3 is 2.24 bits per heavy atom. The van der Waals surface area contributed by atoms with Gasteiger partial charge in [-0.15, -0.1) is 0 Å². The first kappa shape index (κ1) is 24.6. The third kappa shape index (κ3) is 7.27. The molecule has 0 aliphatic rings. The van der Waals surface area contributed by atoms with Gasteiger partial charge in [0.1, 0.15) is 24.2 Å². The van der Waals surface area contributed by atoms with E-state index in [0.29, 0.717) is 17.9 Å². The molecule has 3 aromatic carbocycles. The number of nitrogens with one attached hydrogen (secondary N) is 2. The van der Waals surface area contributed by atoms with Crippen molar-refractivity contribution in [3.8, 4) is 5.75 Å². The van der Waals surface area contributed by atoms with Gasteiger partial charge in [0.25, 0.3) is 11.8 Å². The van der Waals surface area contributed by atoms with Crippen molar-refractivity contribution in [2.45, 2.75) is 33.4 Å². The molecule has 0 aromatic heterocycles. The Kier molecular flexibility index (Phi) is 8.51. The van der Waals surface area contributed by atoms with E-state index in [4.69, 9.17) is 4.74 Å². The molecule has 0 saturated carbocycles. The average Bonchev–Trinajstić information content (AvgIpc) is 2.83. The molecule has 2 amide bonds. The number of nitrogens with zero attached hydrogens (tertiary/aromatic N) is 1. The smallest absolute Gasteiger partial charge is 0.262 e. The SMILES string of the molecule is Cc1ccc(C(=O)NC(C(=O)NN=Cc2ccc(OCc3ccc(F)cc3)cc2)C(C)C)cc1. The average molecular weight is 462 g/mol. The van der Waals surface area contributed by atoms with Crippen LogP contribution in [0.2, 0.25) is 0 Å². The Balaban J connectivity index is 1.52. The molecule has 0 fully saturated rings. The number of hydrazone groups is 1. The maximum Gasteiger partial charge on any atom is 0.262 e. The van der Waals surface area contributed by atoms with Crippen molar-refractivity contribution in [1.29, 1.82) is 0 Å². The molecule has 0 aliphatic carbocycles. The lowest BCUT2D eigenvalue weighted by Crippen LogP contribution is -2.48. The van der Waals surface area contributed by atoms with Gasteiger partial charge in [0.2, 0.25) is 0 Å². The summed E-state index contributed by atoms with van der Waals surface area (Å²) in [6, 6.07) is 19.7. The Hall–Kier alpha value is -4.00. The van der Waals surface area contributed by atoms with Gasteiger partial charge in [-0.05, 0) is 72.5 Å². The summed E-state index contributed by atoms with van der Waals surface area (Å²) >= 11 is 0. The summed E-state index contributed by atoms with van der Waals surface area (Å²) in [4.78, 5) is 25.1. The second-order valence-electron chi connectivity index (χ2n) is 8.28. The van der Waals surface area contributed by atoms with Crippen molar-refractivity contribution in [1.82, 2.24) is 10.7 Å². The lowest BCUT2D eigenvalue weighted by Gasteiger charge is -2.20. The Morgan fingerprint density at radius 1 is 0.971 bits per heavy atom. The van der Waals surface area contributed by atoms with E-state index in [0.717, 1.165) is 16.7 Å². The number of hydrogen-bond donors (Lipinski definition) is 2. The Bertz CT molecular complexity index is 1130. The lowest BCUT2D eigenvalue weighted by atomic mass is 10.0. The lowest BCUT2D eigenvalue weighted by molar-refractivity contribution is -0.123. The van der Waals surface area contributed by atoms with Gasteiger partial charge in [-0.2, -0.15) is 5.10 Å². The molecule has 6 nitrogen and oxygen atoms in total. The van der Waals surface area contributed by atoms with Crippen LogP contribution in [-0.2, 0) is 11.4 Å². The van der Waals surface area contributed by atoms with Crippen LogP contribution in [0, 0.1) is 18.7 Å². The maximum absolute atomic E-state index is 13.0. The van der Waals surface area contributed by atoms with Crippen molar-refractivity contribution in [2.24, 2.45) is 11.0 Å². The van der Waals surface area contributed by atoms with Crippen LogP contribution in [0.25, 0.3) is 0 Å². The minimum atomic E-state index is -0.729. The summed E-state index contributed by atoms with van der Waals surface area (Å²) in [5.41, 5.74) is 5.67. The number of hydrogen-bond acceptors (Lipinski definition) is 4. The highest BCUT2D eigenvalue weighted by Gasteiger charge is 2.24. The molecule has 34 heavy (non-hydrogen) atoms. The summed E-state index contributed by atoms with van der Waals surface area (Å²) in [5.74, 6) is -0.459. The largest absolute Gasteiger partial charge is 0.489 e. The summed E-state index contributed by atoms with van der Waals surface area (Å²) in [6.07, 6.45) is 1.51. The monoisotopic (exact) mass is 461 g/mol. The van der Waals surface area contributed by atoms with Crippen molar-refractivity contribution in [3.63, 3.8) is 0 Å². The Labute approximate surface area is 198 Å². The quantitative estimate of drug-likeness (QED) is 0.361. The fraction of sp³-hybridized carbons (Fsp3) is 0.222. The van der Waals surface area contributed by atoms with Crippen LogP contribution in [0.15, 0.2) is 77.9 Å². The number of carbonyl (C=O) groups excluding carboxylic acids is 2. The van der Waals surface area contributed by atoms with Crippen LogP contribution in [0.4, 0.5) is 4.39 Å². The third-order valence-corrected chi connectivity index (χ3v) is 5.14. The zero-order valence-electron chi connectivity index (χ0n) is 19.4. The summed E-state index contributed by atoms with van der Waals surface area (Å²) in [6.45, 7) is 5.98. The van der Waals surface area contributed by atoms with E-state index in [1.54, 1.807) is 48.5 Å². The van der Waals surface area contributed by atoms with Gasteiger partial charge < -0.3 is 10.1 Å². The first-order valence-electron chi connectivity index (χ1n) is 11.0. The van der Waals surface area contributed by atoms with E-state index >= 15 is 0 Å². The molecule has 2 N–H and O–H groups in total. The van der Waals surface area contributed by atoms with Gasteiger partial charge in [0.05, 0.1) is 6.21 Å². The molecule has 0 bridgehead atoms. The predicted octanol–water partition coefficient (Wildman–Crippen LogP) is 4.62. The maximum atomic E-state index is 13.0. The van der Waals surface area contributed by atoms with Crippen molar-refractivity contribution in [3.05, 3.63) is 101 Å². The number of ether oxygens (including phenoxy) is 1. The molecule has 3 rings (SSSR count). The Morgan fingerprint density at radius 2 is 1.62 bits per heavy atom. The van der Waals surface area contributed by atoms with Gasteiger partial charge in [-0.25, -0.2) is 9.82 Å². The van der Waals surface area contributed by atoms with Crippen molar-refractivity contribution >= 4 is 18.0 Å². The molecule has 7 heteroatoms. The minimum absolute atomic E-state index is 0.123. The van der Waals surface area contributed by atoms with E-state index in [9.17, 15) is 14.0 Å². The fourth-order valence-electron chi connectivity index (χ4n) is 3.10. The van der Waals surface area contributed by atoms with Crippen molar-refractivity contribution < 1.29 is 18.7 Å². The van der Waals surface area contributed by atoms with Crippen LogP contribution in [0.5, 0.6) is 5.75 Å². The molecule has 0 saturated heterocycles. The highest BCUT2D eigenvalue weighted by atomic mass is 19.1. The predicted molar refractivity (Wildman–Crippen MR) is 130 cm³/mol. The zero-order chi connectivity index (χ0) is 24.5. The molecule has 0 aliphatic heterocycles. The number of carbonyl (C=O) groups is 2. The molecular formula is C27H28FN3O3. The third-order valence-electron chi connectivity index (χ3n) is 5.14. The molecule has 176 valence electrons. The molecule has 0 heterocycles. The van der Waals surface area contributed by atoms with Crippen LogP contribution >= 0.6 is 0 Å². The van der Waals surface area contributed by atoms with E-state index in [1.165, 1.54) is 18.3 Å². The minimum Gasteiger partial charge on any atom is -0.489 e. The molecule has 0 spiro atoms.